The minimum atomic E-state index is 0.307. The molecule has 0 unspecified atom stereocenters. The van der Waals surface area contributed by atoms with Gasteiger partial charge in [-0.25, -0.2) is 5.84 Å². The van der Waals surface area contributed by atoms with Crippen molar-refractivity contribution in [3.05, 3.63) is 48.5 Å². The molecular formula is C16H14N6. The van der Waals surface area contributed by atoms with Crippen LogP contribution in [0.2, 0.25) is 0 Å². The molecule has 2 aromatic carbocycles. The SMILES string of the molecule is Cn1c2ccc(-c3ccccc3)cc2c2nnc(NN)nc21. The first-order valence-corrected chi connectivity index (χ1v) is 6.93. The molecule has 4 rings (SSSR count). The number of nitrogen functional groups attached to an aromatic ring is 1. The fourth-order valence-electron chi connectivity index (χ4n) is 2.73. The van der Waals surface area contributed by atoms with Crippen LogP contribution < -0.4 is 11.3 Å². The Hall–Kier alpha value is -2.99. The molecule has 0 bridgehead atoms. The second kappa shape index (κ2) is 4.78. The maximum absolute atomic E-state index is 5.36. The van der Waals surface area contributed by atoms with Crippen molar-refractivity contribution in [2.24, 2.45) is 12.9 Å². The number of rotatable bonds is 2. The third-order valence-corrected chi connectivity index (χ3v) is 3.84. The molecule has 0 aliphatic rings. The molecule has 22 heavy (non-hydrogen) atoms. The van der Waals surface area contributed by atoms with Gasteiger partial charge in [0.25, 0.3) is 5.95 Å². The van der Waals surface area contributed by atoms with Crippen molar-refractivity contribution in [2.45, 2.75) is 0 Å². The standard InChI is InChI=1S/C16H14N6/c1-22-13-8-7-11(10-5-3-2-4-6-10)9-12(13)14-15(22)18-16(19-17)21-20-14/h2-9H,17H2,1H3,(H,18,19,21). The molecule has 2 aromatic heterocycles. The Morgan fingerprint density at radius 1 is 1.00 bits per heavy atom. The van der Waals surface area contributed by atoms with Gasteiger partial charge in [-0.2, -0.15) is 4.98 Å². The summed E-state index contributed by atoms with van der Waals surface area (Å²) in [7, 11) is 1.96. The number of nitrogens with one attached hydrogen (secondary N) is 1. The van der Waals surface area contributed by atoms with Crippen LogP contribution >= 0.6 is 0 Å². The lowest BCUT2D eigenvalue weighted by Crippen LogP contribution is -2.11. The van der Waals surface area contributed by atoms with Gasteiger partial charge in [-0.05, 0) is 23.3 Å². The van der Waals surface area contributed by atoms with Gasteiger partial charge in [0, 0.05) is 12.4 Å². The van der Waals surface area contributed by atoms with Crippen LogP contribution in [0.4, 0.5) is 5.95 Å². The quantitative estimate of drug-likeness (QED) is 0.438. The number of hydrogen-bond acceptors (Lipinski definition) is 5. The molecule has 3 N–H and O–H groups in total. The van der Waals surface area contributed by atoms with E-state index in [-0.39, 0.29) is 0 Å². The van der Waals surface area contributed by atoms with Crippen LogP contribution in [-0.4, -0.2) is 19.7 Å². The highest BCUT2D eigenvalue weighted by Crippen LogP contribution is 2.30. The van der Waals surface area contributed by atoms with E-state index >= 15 is 0 Å². The second-order valence-electron chi connectivity index (χ2n) is 5.11. The Morgan fingerprint density at radius 2 is 1.82 bits per heavy atom. The number of hydrogen-bond donors (Lipinski definition) is 2. The molecule has 0 atom stereocenters. The second-order valence-corrected chi connectivity index (χ2v) is 5.11. The van der Waals surface area contributed by atoms with Gasteiger partial charge in [-0.15, -0.1) is 10.2 Å². The Labute approximate surface area is 126 Å². The van der Waals surface area contributed by atoms with Gasteiger partial charge in [0.1, 0.15) is 5.52 Å². The highest BCUT2D eigenvalue weighted by Gasteiger charge is 2.13. The molecule has 6 nitrogen and oxygen atoms in total. The molecule has 2 heterocycles. The lowest BCUT2D eigenvalue weighted by molar-refractivity contribution is 0.949. The summed E-state index contributed by atoms with van der Waals surface area (Å²) in [5.74, 6) is 5.67. The van der Waals surface area contributed by atoms with Crippen LogP contribution in [0.5, 0.6) is 0 Å². The Kier molecular flexibility index (Phi) is 2.77. The van der Waals surface area contributed by atoms with E-state index in [1.165, 1.54) is 5.56 Å². The predicted molar refractivity (Wildman–Crippen MR) is 87.1 cm³/mol. The number of hydrazine groups is 1. The number of aromatic nitrogens is 4. The number of fused-ring (bicyclic) bond motifs is 3. The summed E-state index contributed by atoms with van der Waals surface area (Å²) in [6.45, 7) is 0. The van der Waals surface area contributed by atoms with Gasteiger partial charge in [0.05, 0.1) is 5.52 Å². The van der Waals surface area contributed by atoms with E-state index in [4.69, 9.17) is 5.84 Å². The van der Waals surface area contributed by atoms with E-state index in [1.54, 1.807) is 0 Å². The number of benzene rings is 2. The van der Waals surface area contributed by atoms with Crippen molar-refractivity contribution in [3.8, 4) is 11.1 Å². The molecule has 0 spiro atoms. The number of nitrogens with two attached hydrogens (primary N) is 1. The van der Waals surface area contributed by atoms with Crippen molar-refractivity contribution in [3.63, 3.8) is 0 Å². The summed E-state index contributed by atoms with van der Waals surface area (Å²) in [6, 6.07) is 16.6. The van der Waals surface area contributed by atoms with Crippen molar-refractivity contribution in [1.29, 1.82) is 0 Å². The van der Waals surface area contributed by atoms with E-state index in [0.717, 1.165) is 27.6 Å². The summed E-state index contributed by atoms with van der Waals surface area (Å²) < 4.78 is 2.00. The van der Waals surface area contributed by atoms with Gasteiger partial charge < -0.3 is 4.57 Å². The van der Waals surface area contributed by atoms with Crippen molar-refractivity contribution >= 4 is 28.0 Å². The van der Waals surface area contributed by atoms with E-state index in [1.807, 2.05) is 29.8 Å². The molecule has 6 heteroatoms. The van der Waals surface area contributed by atoms with Crippen LogP contribution in [0.15, 0.2) is 48.5 Å². The van der Waals surface area contributed by atoms with E-state index in [2.05, 4.69) is 50.9 Å². The Bertz CT molecular complexity index is 974. The molecule has 108 valence electrons. The van der Waals surface area contributed by atoms with E-state index in [9.17, 15) is 0 Å². The van der Waals surface area contributed by atoms with Crippen molar-refractivity contribution in [1.82, 2.24) is 19.7 Å². The first kappa shape index (κ1) is 12.7. The van der Waals surface area contributed by atoms with Gasteiger partial charge in [0.2, 0.25) is 0 Å². The zero-order valence-corrected chi connectivity index (χ0v) is 12.0. The van der Waals surface area contributed by atoms with Crippen molar-refractivity contribution < 1.29 is 0 Å². The summed E-state index contributed by atoms with van der Waals surface area (Å²) in [5, 5.41) is 9.27. The van der Waals surface area contributed by atoms with Gasteiger partial charge in [-0.3, -0.25) is 5.43 Å². The van der Waals surface area contributed by atoms with Gasteiger partial charge >= 0.3 is 0 Å². The lowest BCUT2D eigenvalue weighted by atomic mass is 10.0. The zero-order valence-electron chi connectivity index (χ0n) is 12.0. The number of nitrogens with zero attached hydrogens (tertiary/aromatic N) is 4. The fourth-order valence-corrected chi connectivity index (χ4v) is 2.73. The van der Waals surface area contributed by atoms with Gasteiger partial charge in [0.15, 0.2) is 5.65 Å². The van der Waals surface area contributed by atoms with E-state index < -0.39 is 0 Å². The molecule has 0 fully saturated rings. The molecule has 0 saturated heterocycles. The molecule has 0 radical (unpaired) electrons. The van der Waals surface area contributed by atoms with Crippen LogP contribution in [0.1, 0.15) is 0 Å². The molecule has 0 saturated carbocycles. The molecule has 0 amide bonds. The third-order valence-electron chi connectivity index (χ3n) is 3.84. The predicted octanol–water partition coefficient (Wildman–Crippen LogP) is 2.47. The maximum atomic E-state index is 5.36. The minimum Gasteiger partial charge on any atom is -0.327 e. The summed E-state index contributed by atoms with van der Waals surface area (Å²) >= 11 is 0. The Balaban J connectivity index is 2.02. The molecule has 0 aliphatic heterocycles. The molecular weight excluding hydrogens is 276 g/mol. The van der Waals surface area contributed by atoms with E-state index in [0.29, 0.717) is 5.95 Å². The molecule has 4 aromatic rings. The van der Waals surface area contributed by atoms with Crippen molar-refractivity contribution in [2.75, 3.05) is 5.43 Å². The smallest absolute Gasteiger partial charge is 0.258 e. The number of anilines is 1. The third kappa shape index (κ3) is 1.82. The van der Waals surface area contributed by atoms with Crippen LogP contribution in [0.3, 0.4) is 0 Å². The van der Waals surface area contributed by atoms with Gasteiger partial charge in [-0.1, -0.05) is 36.4 Å². The average molecular weight is 290 g/mol. The average Bonchev–Trinajstić information content (AvgIpc) is 2.87. The summed E-state index contributed by atoms with van der Waals surface area (Å²) in [4.78, 5) is 4.39. The summed E-state index contributed by atoms with van der Waals surface area (Å²) in [5.41, 5.74) is 7.33. The lowest BCUT2D eigenvalue weighted by Gasteiger charge is -2.02. The fraction of sp³-hybridized carbons (Fsp3) is 0.0625. The largest absolute Gasteiger partial charge is 0.327 e. The highest BCUT2D eigenvalue weighted by atomic mass is 15.4. The number of aryl methyl sites for hydroxylation is 1. The maximum Gasteiger partial charge on any atom is 0.258 e. The zero-order chi connectivity index (χ0) is 15.1. The minimum absolute atomic E-state index is 0.307. The first-order chi connectivity index (χ1) is 10.8. The highest BCUT2D eigenvalue weighted by molar-refractivity contribution is 6.05. The monoisotopic (exact) mass is 290 g/mol. The van der Waals surface area contributed by atoms with Crippen LogP contribution in [-0.2, 0) is 7.05 Å². The van der Waals surface area contributed by atoms with Crippen LogP contribution in [0, 0.1) is 0 Å². The topological polar surface area (TPSA) is 81.7 Å². The van der Waals surface area contributed by atoms with Crippen LogP contribution in [0.25, 0.3) is 33.2 Å². The Morgan fingerprint density at radius 3 is 2.59 bits per heavy atom. The molecule has 0 aliphatic carbocycles. The summed E-state index contributed by atoms with van der Waals surface area (Å²) in [6.07, 6.45) is 0. The first-order valence-electron chi connectivity index (χ1n) is 6.93. The normalized spacial score (nSPS) is 11.2.